The molecule has 0 aliphatic carbocycles. The van der Waals surface area contributed by atoms with Crippen molar-refractivity contribution < 1.29 is 14.6 Å². The predicted octanol–water partition coefficient (Wildman–Crippen LogP) is 2.18. The highest BCUT2D eigenvalue weighted by Gasteiger charge is 2.05. The van der Waals surface area contributed by atoms with E-state index in [2.05, 4.69) is 10.1 Å². The van der Waals surface area contributed by atoms with Crippen LogP contribution in [0.15, 0.2) is 24.3 Å². The number of phenols is 1. The Morgan fingerprint density at radius 3 is 2.86 bits per heavy atom. The average molecular weight is 216 g/mol. The number of carbonyl (C=O) groups is 1. The van der Waals surface area contributed by atoms with E-state index < -0.39 is 6.09 Å². The summed E-state index contributed by atoms with van der Waals surface area (Å²) < 4.78 is 4.66. The second-order valence-electron chi connectivity index (χ2n) is 2.47. The fourth-order valence-electron chi connectivity index (χ4n) is 0.857. The van der Waals surface area contributed by atoms with Crippen molar-refractivity contribution in [1.29, 1.82) is 0 Å². The number of ether oxygens (including phenoxy) is 1. The normalized spacial score (nSPS) is 9.50. The lowest BCUT2D eigenvalue weighted by atomic mass is 10.3. The van der Waals surface area contributed by atoms with E-state index in [1.54, 1.807) is 18.2 Å². The number of amides is 1. The first-order valence-electron chi connectivity index (χ1n) is 4.02. The number of carbonyl (C=O) groups excluding carboxylic acids is 1. The van der Waals surface area contributed by atoms with Crippen molar-refractivity contribution >= 4 is 23.4 Å². The third-order valence-electron chi connectivity index (χ3n) is 1.45. The quantitative estimate of drug-likeness (QED) is 0.600. The minimum Gasteiger partial charge on any atom is -0.506 e. The first-order valence-corrected chi connectivity index (χ1v) is 4.55. The number of phenolic OH excluding ortho intramolecular Hbond substituents is 1. The second-order valence-corrected chi connectivity index (χ2v) is 2.85. The molecule has 0 saturated heterocycles. The minimum absolute atomic E-state index is 0.00433. The lowest BCUT2D eigenvalue weighted by Crippen LogP contribution is -2.14. The maximum absolute atomic E-state index is 11.0. The van der Waals surface area contributed by atoms with Gasteiger partial charge in [0.2, 0.25) is 0 Å². The monoisotopic (exact) mass is 215 g/mol. The van der Waals surface area contributed by atoms with E-state index in [0.717, 1.165) is 0 Å². The lowest BCUT2D eigenvalue weighted by molar-refractivity contribution is 0.168. The number of hydrogen-bond acceptors (Lipinski definition) is 3. The van der Waals surface area contributed by atoms with Crippen LogP contribution in [0.2, 0.25) is 0 Å². The zero-order chi connectivity index (χ0) is 10.4. The largest absolute Gasteiger partial charge is 0.506 e. The van der Waals surface area contributed by atoms with Gasteiger partial charge in [-0.1, -0.05) is 12.1 Å². The Balaban J connectivity index is 2.52. The standard InChI is InChI=1S/C9H10ClNO3/c10-5-6-14-9(13)11-7-3-1-2-4-8(7)12/h1-4,12H,5-6H2,(H,11,13). The maximum Gasteiger partial charge on any atom is 0.411 e. The summed E-state index contributed by atoms with van der Waals surface area (Å²) in [4.78, 5) is 11.0. The van der Waals surface area contributed by atoms with Crippen LogP contribution in [0.3, 0.4) is 0 Å². The molecule has 4 nitrogen and oxygen atoms in total. The molecule has 0 heterocycles. The molecule has 0 radical (unpaired) electrons. The van der Waals surface area contributed by atoms with E-state index in [1.807, 2.05) is 0 Å². The molecule has 0 unspecified atom stereocenters. The molecule has 1 aromatic rings. The number of halogens is 1. The highest BCUT2D eigenvalue weighted by molar-refractivity contribution is 6.18. The molecule has 2 N–H and O–H groups in total. The number of rotatable bonds is 3. The number of alkyl halides is 1. The minimum atomic E-state index is -0.632. The Bertz CT molecular complexity index is 317. The third-order valence-corrected chi connectivity index (χ3v) is 1.61. The Morgan fingerprint density at radius 2 is 2.21 bits per heavy atom. The van der Waals surface area contributed by atoms with E-state index in [4.69, 9.17) is 11.6 Å². The van der Waals surface area contributed by atoms with E-state index in [-0.39, 0.29) is 18.2 Å². The van der Waals surface area contributed by atoms with Crippen LogP contribution in [0.4, 0.5) is 10.5 Å². The van der Waals surface area contributed by atoms with Gasteiger partial charge in [-0.3, -0.25) is 5.32 Å². The van der Waals surface area contributed by atoms with Crippen LogP contribution in [0.5, 0.6) is 5.75 Å². The molecule has 1 amide bonds. The number of para-hydroxylation sites is 2. The van der Waals surface area contributed by atoms with Gasteiger partial charge in [0.1, 0.15) is 12.4 Å². The van der Waals surface area contributed by atoms with Gasteiger partial charge in [-0.05, 0) is 12.1 Å². The zero-order valence-electron chi connectivity index (χ0n) is 7.37. The second kappa shape index (κ2) is 5.34. The van der Waals surface area contributed by atoms with E-state index >= 15 is 0 Å². The molecular weight excluding hydrogens is 206 g/mol. The van der Waals surface area contributed by atoms with Gasteiger partial charge in [0.05, 0.1) is 11.6 Å². The molecular formula is C9H10ClNO3. The zero-order valence-corrected chi connectivity index (χ0v) is 8.12. The molecule has 0 aromatic heterocycles. The molecule has 14 heavy (non-hydrogen) atoms. The van der Waals surface area contributed by atoms with Gasteiger partial charge in [0, 0.05) is 0 Å². The van der Waals surface area contributed by atoms with Crippen molar-refractivity contribution in [1.82, 2.24) is 0 Å². The molecule has 1 aromatic carbocycles. The van der Waals surface area contributed by atoms with Crippen molar-refractivity contribution in [2.45, 2.75) is 0 Å². The molecule has 0 fully saturated rings. The number of aromatic hydroxyl groups is 1. The number of nitrogens with one attached hydrogen (secondary N) is 1. The fraction of sp³-hybridized carbons (Fsp3) is 0.222. The van der Waals surface area contributed by atoms with Crippen LogP contribution in [0.25, 0.3) is 0 Å². The highest BCUT2D eigenvalue weighted by atomic mass is 35.5. The molecule has 0 spiro atoms. The maximum atomic E-state index is 11.0. The SMILES string of the molecule is O=C(Nc1ccccc1O)OCCCl. The summed E-state index contributed by atoms with van der Waals surface area (Å²) in [7, 11) is 0. The summed E-state index contributed by atoms with van der Waals surface area (Å²) in [6.07, 6.45) is -0.632. The van der Waals surface area contributed by atoms with Gasteiger partial charge >= 0.3 is 6.09 Å². The average Bonchev–Trinajstić information content (AvgIpc) is 2.18. The molecule has 0 saturated carbocycles. The summed E-state index contributed by atoms with van der Waals surface area (Å²) >= 11 is 5.33. The number of benzene rings is 1. The summed E-state index contributed by atoms with van der Waals surface area (Å²) in [5.41, 5.74) is 0.312. The van der Waals surface area contributed by atoms with E-state index in [0.29, 0.717) is 5.69 Å². The van der Waals surface area contributed by atoms with Crippen molar-refractivity contribution in [2.24, 2.45) is 0 Å². The predicted molar refractivity (Wildman–Crippen MR) is 53.8 cm³/mol. The summed E-state index contributed by atoms with van der Waals surface area (Å²) in [6, 6.07) is 6.38. The molecule has 0 atom stereocenters. The van der Waals surface area contributed by atoms with Crippen LogP contribution in [-0.2, 0) is 4.74 Å². The molecule has 0 bridgehead atoms. The van der Waals surface area contributed by atoms with Crippen LogP contribution in [0.1, 0.15) is 0 Å². The van der Waals surface area contributed by atoms with Gasteiger partial charge in [0.25, 0.3) is 0 Å². The summed E-state index contributed by atoms with van der Waals surface area (Å²) in [6.45, 7) is 0.140. The van der Waals surface area contributed by atoms with Gasteiger partial charge in [-0.15, -0.1) is 11.6 Å². The molecule has 0 aliphatic heterocycles. The number of anilines is 1. The Labute approximate surface area is 86.4 Å². The van der Waals surface area contributed by atoms with Crippen LogP contribution in [0, 0.1) is 0 Å². The number of hydrogen-bond donors (Lipinski definition) is 2. The topological polar surface area (TPSA) is 58.6 Å². The van der Waals surface area contributed by atoms with Crippen LogP contribution in [-0.4, -0.2) is 23.7 Å². The fourth-order valence-corrected chi connectivity index (χ4v) is 0.934. The van der Waals surface area contributed by atoms with Crippen molar-refractivity contribution in [3.05, 3.63) is 24.3 Å². The van der Waals surface area contributed by atoms with E-state index in [9.17, 15) is 9.90 Å². The van der Waals surface area contributed by atoms with Crippen molar-refractivity contribution in [2.75, 3.05) is 17.8 Å². The lowest BCUT2D eigenvalue weighted by Gasteiger charge is -2.06. The van der Waals surface area contributed by atoms with Gasteiger partial charge in [-0.25, -0.2) is 4.79 Å². The summed E-state index contributed by atoms with van der Waals surface area (Å²) in [5, 5.41) is 11.7. The van der Waals surface area contributed by atoms with E-state index in [1.165, 1.54) is 6.07 Å². The Morgan fingerprint density at radius 1 is 1.50 bits per heavy atom. The third kappa shape index (κ3) is 3.14. The van der Waals surface area contributed by atoms with Gasteiger partial charge in [-0.2, -0.15) is 0 Å². The van der Waals surface area contributed by atoms with Crippen molar-refractivity contribution in [3.8, 4) is 5.75 Å². The Kier molecular flexibility index (Phi) is 4.07. The van der Waals surface area contributed by atoms with Crippen molar-refractivity contribution in [3.63, 3.8) is 0 Å². The Hall–Kier alpha value is -1.42. The molecule has 5 heteroatoms. The smallest absolute Gasteiger partial charge is 0.411 e. The van der Waals surface area contributed by atoms with Gasteiger partial charge in [0.15, 0.2) is 0 Å². The first kappa shape index (κ1) is 10.7. The van der Waals surface area contributed by atoms with Gasteiger partial charge < -0.3 is 9.84 Å². The highest BCUT2D eigenvalue weighted by Crippen LogP contribution is 2.21. The molecule has 76 valence electrons. The van der Waals surface area contributed by atoms with Crippen LogP contribution < -0.4 is 5.32 Å². The van der Waals surface area contributed by atoms with Crippen LogP contribution >= 0.6 is 11.6 Å². The summed E-state index contributed by atoms with van der Waals surface area (Å²) in [5.74, 6) is 0.240. The molecule has 1 rings (SSSR count). The first-order chi connectivity index (χ1) is 6.74. The molecule has 0 aliphatic rings.